The van der Waals surface area contributed by atoms with Gasteiger partial charge in [0, 0.05) is 17.2 Å². The van der Waals surface area contributed by atoms with Crippen LogP contribution >= 0.6 is 12.2 Å². The predicted molar refractivity (Wildman–Crippen MR) is 80.2 cm³/mol. The molecule has 0 bridgehead atoms. The first-order chi connectivity index (χ1) is 9.01. The van der Waals surface area contributed by atoms with Gasteiger partial charge >= 0.3 is 0 Å². The zero-order chi connectivity index (χ0) is 14.0. The van der Waals surface area contributed by atoms with E-state index in [2.05, 4.69) is 30.7 Å². The Labute approximate surface area is 118 Å². The molecule has 0 spiro atoms. The fourth-order valence-electron chi connectivity index (χ4n) is 1.96. The van der Waals surface area contributed by atoms with E-state index in [0.29, 0.717) is 10.6 Å². The second-order valence-corrected chi connectivity index (χ2v) is 5.27. The highest BCUT2D eigenvalue weighted by Gasteiger charge is 2.08. The Morgan fingerprint density at radius 3 is 2.58 bits per heavy atom. The van der Waals surface area contributed by atoms with Crippen molar-refractivity contribution in [2.24, 2.45) is 0 Å². The van der Waals surface area contributed by atoms with Gasteiger partial charge in [0.15, 0.2) is 0 Å². The van der Waals surface area contributed by atoms with Gasteiger partial charge in [-0.05, 0) is 36.8 Å². The third-order valence-electron chi connectivity index (χ3n) is 3.03. The van der Waals surface area contributed by atoms with Crippen molar-refractivity contribution in [2.45, 2.75) is 26.7 Å². The van der Waals surface area contributed by atoms with E-state index in [9.17, 15) is 0 Å². The van der Waals surface area contributed by atoms with Crippen LogP contribution in [0, 0.1) is 11.6 Å². The highest BCUT2D eigenvalue weighted by Crippen LogP contribution is 2.26. The molecule has 1 heterocycles. The van der Waals surface area contributed by atoms with Gasteiger partial charge in [0.05, 0.1) is 7.11 Å². The fraction of sp³-hybridized carbons (Fsp3) is 0.333. The molecule has 2 rings (SSSR count). The Hall–Kier alpha value is -1.68. The van der Waals surface area contributed by atoms with Gasteiger partial charge in [-0.3, -0.25) is 0 Å². The summed E-state index contributed by atoms with van der Waals surface area (Å²) in [5, 5.41) is 0. The van der Waals surface area contributed by atoms with E-state index in [1.165, 1.54) is 0 Å². The van der Waals surface area contributed by atoms with Crippen LogP contribution in [-0.4, -0.2) is 17.1 Å². The predicted octanol–water partition coefficient (Wildman–Crippen LogP) is 4.25. The molecule has 0 saturated heterocycles. The van der Waals surface area contributed by atoms with E-state index < -0.39 is 0 Å². The van der Waals surface area contributed by atoms with Crippen LogP contribution in [0.25, 0.3) is 11.3 Å². The summed E-state index contributed by atoms with van der Waals surface area (Å²) in [6.07, 6.45) is 0. The van der Waals surface area contributed by atoms with Crippen LogP contribution in [0.2, 0.25) is 0 Å². The van der Waals surface area contributed by atoms with Gasteiger partial charge in [-0.15, -0.1) is 0 Å². The summed E-state index contributed by atoms with van der Waals surface area (Å²) in [6.45, 7) is 6.25. The lowest BCUT2D eigenvalue weighted by molar-refractivity contribution is 0.414. The number of rotatable bonds is 3. The van der Waals surface area contributed by atoms with E-state index in [-0.39, 0.29) is 0 Å². The standard InChI is InChI=1S/C15H18N2OS/c1-9(2)15-16-13(8-14(19)17-15)12-6-5-11(18-4)7-10(12)3/h5-9H,1-4H3,(H,16,17,19). The zero-order valence-corrected chi connectivity index (χ0v) is 12.5. The number of aromatic amines is 1. The minimum atomic E-state index is 0.320. The van der Waals surface area contributed by atoms with E-state index in [1.807, 2.05) is 24.3 Å². The van der Waals surface area contributed by atoms with Crippen LogP contribution < -0.4 is 4.74 Å². The quantitative estimate of drug-likeness (QED) is 0.850. The summed E-state index contributed by atoms with van der Waals surface area (Å²) < 4.78 is 5.85. The molecule has 0 radical (unpaired) electrons. The van der Waals surface area contributed by atoms with Gasteiger partial charge in [-0.2, -0.15) is 0 Å². The van der Waals surface area contributed by atoms with Gasteiger partial charge in [0.2, 0.25) is 0 Å². The van der Waals surface area contributed by atoms with Crippen molar-refractivity contribution in [2.75, 3.05) is 7.11 Å². The average molecular weight is 274 g/mol. The van der Waals surface area contributed by atoms with Crippen molar-refractivity contribution in [3.05, 3.63) is 40.3 Å². The molecule has 3 nitrogen and oxygen atoms in total. The number of H-pyrrole nitrogens is 1. The molecule has 100 valence electrons. The highest BCUT2D eigenvalue weighted by atomic mass is 32.1. The number of hydrogen-bond donors (Lipinski definition) is 1. The number of benzene rings is 1. The Bertz CT molecular complexity index is 647. The van der Waals surface area contributed by atoms with E-state index in [4.69, 9.17) is 17.0 Å². The third-order valence-corrected chi connectivity index (χ3v) is 3.24. The first kappa shape index (κ1) is 13.7. The lowest BCUT2D eigenvalue weighted by atomic mass is 10.0. The molecule has 0 unspecified atom stereocenters. The van der Waals surface area contributed by atoms with Crippen molar-refractivity contribution in [3.63, 3.8) is 0 Å². The minimum Gasteiger partial charge on any atom is -0.497 e. The molecule has 0 fully saturated rings. The van der Waals surface area contributed by atoms with Crippen molar-refractivity contribution in [3.8, 4) is 17.0 Å². The van der Waals surface area contributed by atoms with Crippen molar-refractivity contribution >= 4 is 12.2 Å². The fourth-order valence-corrected chi connectivity index (χ4v) is 2.18. The Balaban J connectivity index is 2.55. The molecule has 0 atom stereocenters. The van der Waals surface area contributed by atoms with Gasteiger partial charge in [-0.1, -0.05) is 26.1 Å². The summed E-state index contributed by atoms with van der Waals surface area (Å²) >= 11 is 5.24. The normalized spacial score (nSPS) is 10.8. The van der Waals surface area contributed by atoms with Gasteiger partial charge in [0.1, 0.15) is 16.2 Å². The molecule has 1 aromatic heterocycles. The Morgan fingerprint density at radius 2 is 2.00 bits per heavy atom. The molecule has 1 aromatic carbocycles. The molecule has 19 heavy (non-hydrogen) atoms. The molecule has 1 N–H and O–H groups in total. The van der Waals surface area contributed by atoms with Gasteiger partial charge < -0.3 is 9.72 Å². The largest absolute Gasteiger partial charge is 0.497 e. The number of ether oxygens (including phenoxy) is 1. The topological polar surface area (TPSA) is 37.9 Å². The van der Waals surface area contributed by atoms with Crippen LogP contribution in [0.1, 0.15) is 31.2 Å². The van der Waals surface area contributed by atoms with Crippen molar-refractivity contribution in [1.82, 2.24) is 9.97 Å². The highest BCUT2D eigenvalue weighted by molar-refractivity contribution is 7.71. The van der Waals surface area contributed by atoms with Crippen molar-refractivity contribution in [1.29, 1.82) is 0 Å². The second kappa shape index (κ2) is 5.53. The van der Waals surface area contributed by atoms with E-state index in [1.54, 1.807) is 7.11 Å². The monoisotopic (exact) mass is 274 g/mol. The molecule has 4 heteroatoms. The summed E-state index contributed by atoms with van der Waals surface area (Å²) in [4.78, 5) is 7.72. The van der Waals surface area contributed by atoms with E-state index >= 15 is 0 Å². The average Bonchev–Trinajstić information content (AvgIpc) is 2.37. The SMILES string of the molecule is COc1ccc(-c2cc(=S)nc(C(C)C)[nH]2)c(C)c1. The summed E-state index contributed by atoms with van der Waals surface area (Å²) in [5.74, 6) is 2.09. The first-order valence-corrected chi connectivity index (χ1v) is 6.68. The van der Waals surface area contributed by atoms with Crippen LogP contribution in [0.5, 0.6) is 5.75 Å². The number of nitrogens with zero attached hydrogens (tertiary/aromatic N) is 1. The zero-order valence-electron chi connectivity index (χ0n) is 11.7. The van der Waals surface area contributed by atoms with Crippen LogP contribution in [-0.2, 0) is 0 Å². The molecular weight excluding hydrogens is 256 g/mol. The van der Waals surface area contributed by atoms with Crippen molar-refractivity contribution < 1.29 is 4.74 Å². The van der Waals surface area contributed by atoms with Crippen LogP contribution in [0.3, 0.4) is 0 Å². The first-order valence-electron chi connectivity index (χ1n) is 6.27. The number of aryl methyl sites for hydroxylation is 1. The molecule has 0 saturated carbocycles. The van der Waals surface area contributed by atoms with Gasteiger partial charge in [-0.25, -0.2) is 4.98 Å². The maximum atomic E-state index is 5.24. The number of methoxy groups -OCH3 is 1. The van der Waals surface area contributed by atoms with Crippen LogP contribution in [0.15, 0.2) is 24.3 Å². The minimum absolute atomic E-state index is 0.320. The summed E-state index contributed by atoms with van der Waals surface area (Å²) in [7, 11) is 1.67. The number of nitrogens with one attached hydrogen (secondary N) is 1. The Morgan fingerprint density at radius 1 is 1.26 bits per heavy atom. The summed E-state index contributed by atoms with van der Waals surface area (Å²) in [5.41, 5.74) is 3.27. The molecule has 0 aliphatic heterocycles. The smallest absolute Gasteiger partial charge is 0.130 e. The number of aromatic nitrogens is 2. The maximum absolute atomic E-state index is 5.24. The lowest BCUT2D eigenvalue weighted by Crippen LogP contribution is -2.00. The van der Waals surface area contributed by atoms with Gasteiger partial charge in [0.25, 0.3) is 0 Å². The molecule has 0 aliphatic carbocycles. The molecule has 0 aliphatic rings. The lowest BCUT2D eigenvalue weighted by Gasteiger charge is -2.11. The summed E-state index contributed by atoms with van der Waals surface area (Å²) in [6, 6.07) is 7.91. The molecule has 0 amide bonds. The molecule has 2 aromatic rings. The maximum Gasteiger partial charge on any atom is 0.130 e. The second-order valence-electron chi connectivity index (χ2n) is 4.85. The number of hydrogen-bond acceptors (Lipinski definition) is 3. The Kier molecular flexibility index (Phi) is 4.00. The third kappa shape index (κ3) is 3.01. The molecular formula is C15H18N2OS. The van der Waals surface area contributed by atoms with Crippen LogP contribution in [0.4, 0.5) is 0 Å². The van der Waals surface area contributed by atoms with E-state index in [0.717, 1.165) is 28.4 Å².